The summed E-state index contributed by atoms with van der Waals surface area (Å²) in [6, 6.07) is 7.62. The molecule has 1 fully saturated rings. The fraction of sp³-hybridized carbons (Fsp3) is 0.556. The van der Waals surface area contributed by atoms with Crippen LogP contribution in [0.3, 0.4) is 0 Å². The maximum atomic E-state index is 12.0. The maximum absolute atomic E-state index is 12.0. The number of nitrogens with one attached hydrogen (secondary N) is 3. The van der Waals surface area contributed by atoms with Gasteiger partial charge in [0.15, 0.2) is 0 Å². The monoisotopic (exact) mass is 347 g/mol. The van der Waals surface area contributed by atoms with Crippen LogP contribution in [0.4, 0.5) is 10.5 Å². The van der Waals surface area contributed by atoms with E-state index in [1.54, 1.807) is 0 Å². The minimum absolute atomic E-state index is 0.0601. The highest BCUT2D eigenvalue weighted by molar-refractivity contribution is 5.92. The molecule has 3 amide bonds. The molecule has 1 aromatic rings. The molecule has 1 aliphatic heterocycles. The molecule has 7 nitrogen and oxygen atoms in total. The Morgan fingerprint density at radius 2 is 1.96 bits per heavy atom. The number of benzene rings is 1. The fourth-order valence-corrected chi connectivity index (χ4v) is 2.82. The van der Waals surface area contributed by atoms with Crippen LogP contribution in [0.5, 0.6) is 0 Å². The first kappa shape index (κ1) is 19.2. The second-order valence-corrected chi connectivity index (χ2v) is 6.89. The van der Waals surface area contributed by atoms with E-state index in [0.717, 1.165) is 37.2 Å². The number of amides is 3. The van der Waals surface area contributed by atoms with Crippen LogP contribution in [0.1, 0.15) is 18.4 Å². The van der Waals surface area contributed by atoms with Crippen molar-refractivity contribution in [1.29, 1.82) is 0 Å². The second-order valence-electron chi connectivity index (χ2n) is 6.89. The predicted molar refractivity (Wildman–Crippen MR) is 99.5 cm³/mol. The minimum Gasteiger partial charge on any atom is -0.335 e. The number of urea groups is 1. The lowest BCUT2D eigenvalue weighted by atomic mass is 10.1. The van der Waals surface area contributed by atoms with Gasteiger partial charge in [-0.1, -0.05) is 12.1 Å². The Labute approximate surface area is 149 Å². The van der Waals surface area contributed by atoms with Gasteiger partial charge in [-0.05, 0) is 64.8 Å². The number of likely N-dealkylation sites (N-methyl/N-ethyl adjacent to an activating group) is 1. The first-order valence-electron chi connectivity index (χ1n) is 8.69. The third kappa shape index (κ3) is 7.11. The molecule has 0 aliphatic carbocycles. The molecule has 138 valence electrons. The third-order valence-corrected chi connectivity index (χ3v) is 4.18. The molecule has 0 spiro atoms. The van der Waals surface area contributed by atoms with Crippen molar-refractivity contribution in [2.75, 3.05) is 46.1 Å². The summed E-state index contributed by atoms with van der Waals surface area (Å²) in [4.78, 5) is 27.9. The van der Waals surface area contributed by atoms with E-state index in [1.807, 2.05) is 43.3 Å². The fourth-order valence-electron chi connectivity index (χ4n) is 2.82. The molecule has 0 aromatic heterocycles. The lowest BCUT2D eigenvalue weighted by Gasteiger charge is -2.29. The molecule has 0 unspecified atom stereocenters. The Kier molecular flexibility index (Phi) is 7.21. The van der Waals surface area contributed by atoms with E-state index >= 15 is 0 Å². The zero-order valence-electron chi connectivity index (χ0n) is 15.3. The summed E-state index contributed by atoms with van der Waals surface area (Å²) in [6.07, 6.45) is 1.97. The van der Waals surface area contributed by atoms with Crippen LogP contribution in [-0.4, -0.2) is 68.6 Å². The lowest BCUT2D eigenvalue weighted by Crippen LogP contribution is -2.46. The Morgan fingerprint density at radius 1 is 1.24 bits per heavy atom. The zero-order chi connectivity index (χ0) is 18.2. The quantitative estimate of drug-likeness (QED) is 0.720. The van der Waals surface area contributed by atoms with Crippen molar-refractivity contribution < 1.29 is 9.59 Å². The first-order chi connectivity index (χ1) is 11.9. The molecular formula is C18H29N5O2. The van der Waals surface area contributed by atoms with Crippen molar-refractivity contribution in [3.63, 3.8) is 0 Å². The number of carbonyl (C=O) groups excluding carboxylic acids is 2. The van der Waals surface area contributed by atoms with Crippen molar-refractivity contribution in [3.8, 4) is 0 Å². The summed E-state index contributed by atoms with van der Waals surface area (Å²) in [5.74, 6) is -0.0601. The lowest BCUT2D eigenvalue weighted by molar-refractivity contribution is -0.116. The second kappa shape index (κ2) is 9.39. The normalized spacial score (nSPS) is 15.8. The smallest absolute Gasteiger partial charge is 0.315 e. The number of piperidine rings is 1. The van der Waals surface area contributed by atoms with Gasteiger partial charge in [-0.3, -0.25) is 4.79 Å². The first-order valence-corrected chi connectivity index (χ1v) is 8.69. The van der Waals surface area contributed by atoms with E-state index in [0.29, 0.717) is 13.1 Å². The van der Waals surface area contributed by atoms with Crippen molar-refractivity contribution >= 4 is 17.6 Å². The maximum Gasteiger partial charge on any atom is 0.315 e. The number of carbonyl (C=O) groups is 2. The number of hydrogen-bond acceptors (Lipinski definition) is 4. The molecule has 1 heterocycles. The number of anilines is 1. The van der Waals surface area contributed by atoms with Crippen LogP contribution in [-0.2, 0) is 11.3 Å². The van der Waals surface area contributed by atoms with E-state index in [1.165, 1.54) is 0 Å². The molecule has 3 N–H and O–H groups in total. The summed E-state index contributed by atoms with van der Waals surface area (Å²) in [5.41, 5.74) is 1.68. The van der Waals surface area contributed by atoms with Gasteiger partial charge in [0.1, 0.15) is 0 Å². The molecule has 0 atom stereocenters. The summed E-state index contributed by atoms with van der Waals surface area (Å²) >= 11 is 0. The van der Waals surface area contributed by atoms with Gasteiger partial charge in [-0.25, -0.2) is 4.79 Å². The van der Waals surface area contributed by atoms with Gasteiger partial charge in [0.25, 0.3) is 0 Å². The van der Waals surface area contributed by atoms with Gasteiger partial charge >= 0.3 is 6.03 Å². The predicted octanol–water partition coefficient (Wildman–Crippen LogP) is 1.08. The Balaban J connectivity index is 1.77. The van der Waals surface area contributed by atoms with Crippen LogP contribution in [0.2, 0.25) is 0 Å². The van der Waals surface area contributed by atoms with Crippen molar-refractivity contribution in [2.24, 2.45) is 0 Å². The van der Waals surface area contributed by atoms with E-state index in [-0.39, 0.29) is 18.0 Å². The van der Waals surface area contributed by atoms with Crippen LogP contribution in [0.15, 0.2) is 24.3 Å². The molecule has 0 radical (unpaired) electrons. The molecule has 0 bridgehead atoms. The van der Waals surface area contributed by atoms with Gasteiger partial charge in [-0.15, -0.1) is 0 Å². The third-order valence-electron chi connectivity index (χ3n) is 4.18. The van der Waals surface area contributed by atoms with Gasteiger partial charge < -0.3 is 25.8 Å². The molecule has 1 aliphatic rings. The highest BCUT2D eigenvalue weighted by atomic mass is 16.2. The molecule has 7 heteroatoms. The molecule has 1 saturated heterocycles. The minimum atomic E-state index is -0.142. The topological polar surface area (TPSA) is 76.7 Å². The standard InChI is InChI=1S/C18H29N5O2/c1-22(2)13-17(24)20-16-6-4-5-14(11-16)12-19-18(25)21-15-7-9-23(3)10-8-15/h4-6,11,15H,7-10,12-13H2,1-3H3,(H,20,24)(H2,19,21,25). The number of likely N-dealkylation sites (tertiary alicyclic amines) is 1. The van der Waals surface area contributed by atoms with Crippen LogP contribution in [0, 0.1) is 0 Å². The van der Waals surface area contributed by atoms with Gasteiger partial charge in [-0.2, -0.15) is 0 Å². The summed E-state index contributed by atoms with van der Waals surface area (Å²) in [7, 11) is 5.80. The van der Waals surface area contributed by atoms with Crippen molar-refractivity contribution in [2.45, 2.75) is 25.4 Å². The van der Waals surface area contributed by atoms with Crippen LogP contribution < -0.4 is 16.0 Å². The average molecular weight is 347 g/mol. The molecule has 2 rings (SSSR count). The molecule has 0 saturated carbocycles. The Morgan fingerprint density at radius 3 is 2.64 bits per heavy atom. The van der Waals surface area contributed by atoms with Gasteiger partial charge in [0.05, 0.1) is 6.54 Å². The highest BCUT2D eigenvalue weighted by Crippen LogP contribution is 2.11. The van der Waals surface area contributed by atoms with E-state index in [4.69, 9.17) is 0 Å². The summed E-state index contributed by atoms with van der Waals surface area (Å²) in [5, 5.41) is 8.77. The van der Waals surface area contributed by atoms with Crippen LogP contribution >= 0.6 is 0 Å². The largest absolute Gasteiger partial charge is 0.335 e. The summed E-state index contributed by atoms with van der Waals surface area (Å²) in [6.45, 7) is 2.79. The van der Waals surface area contributed by atoms with Gasteiger partial charge in [0, 0.05) is 18.3 Å². The van der Waals surface area contributed by atoms with Crippen molar-refractivity contribution in [1.82, 2.24) is 20.4 Å². The molecule has 1 aromatic carbocycles. The average Bonchev–Trinajstić information content (AvgIpc) is 2.55. The van der Waals surface area contributed by atoms with Gasteiger partial charge in [0.2, 0.25) is 5.91 Å². The number of rotatable bonds is 6. The summed E-state index contributed by atoms with van der Waals surface area (Å²) < 4.78 is 0. The SMILES string of the molecule is CN(C)CC(=O)Nc1cccc(CNC(=O)NC2CCN(C)CC2)c1. The molecular weight excluding hydrogens is 318 g/mol. The van der Waals surface area contributed by atoms with E-state index in [2.05, 4.69) is 27.9 Å². The zero-order valence-corrected chi connectivity index (χ0v) is 15.3. The van der Waals surface area contributed by atoms with Crippen LogP contribution in [0.25, 0.3) is 0 Å². The van der Waals surface area contributed by atoms with E-state index in [9.17, 15) is 9.59 Å². The molecule has 25 heavy (non-hydrogen) atoms. The van der Waals surface area contributed by atoms with E-state index < -0.39 is 0 Å². The Bertz CT molecular complexity index is 583. The number of nitrogens with zero attached hydrogens (tertiary/aromatic N) is 2. The number of hydrogen-bond donors (Lipinski definition) is 3. The Hall–Kier alpha value is -2.12. The highest BCUT2D eigenvalue weighted by Gasteiger charge is 2.18. The van der Waals surface area contributed by atoms with Crippen molar-refractivity contribution in [3.05, 3.63) is 29.8 Å².